The Bertz CT molecular complexity index is 155. The van der Waals surface area contributed by atoms with Crippen LogP contribution in [0.1, 0.15) is 38.5 Å². The summed E-state index contributed by atoms with van der Waals surface area (Å²) in [6.07, 6.45) is 7.75. The monoisotopic (exact) mass is 153 g/mol. The Labute approximate surface area is 67.6 Å². The van der Waals surface area contributed by atoms with Crippen LogP contribution in [-0.2, 0) is 4.84 Å². The van der Waals surface area contributed by atoms with Crippen molar-refractivity contribution in [2.75, 3.05) is 6.61 Å². The van der Waals surface area contributed by atoms with Crippen LogP contribution in [0, 0.1) is 5.92 Å². The van der Waals surface area contributed by atoms with Gasteiger partial charge < -0.3 is 4.84 Å². The molecule has 2 aliphatic rings. The Morgan fingerprint density at radius 3 is 2.55 bits per heavy atom. The number of nitrogens with zero attached hydrogens (tertiary/aromatic N) is 1. The molecule has 2 aliphatic carbocycles. The molecule has 0 atom stereocenters. The summed E-state index contributed by atoms with van der Waals surface area (Å²) in [6, 6.07) is 0. The zero-order valence-electron chi connectivity index (χ0n) is 6.88. The van der Waals surface area contributed by atoms with Crippen LogP contribution >= 0.6 is 0 Å². The van der Waals surface area contributed by atoms with Crippen LogP contribution in [0.3, 0.4) is 0 Å². The van der Waals surface area contributed by atoms with Crippen LogP contribution in [0.25, 0.3) is 0 Å². The lowest BCUT2D eigenvalue weighted by molar-refractivity contribution is 0.0742. The molecule has 2 saturated carbocycles. The van der Waals surface area contributed by atoms with Gasteiger partial charge in [-0.25, -0.2) is 0 Å². The molecule has 2 fully saturated rings. The van der Waals surface area contributed by atoms with E-state index in [1.807, 2.05) is 0 Å². The molecule has 2 nitrogen and oxygen atoms in total. The molecule has 2 rings (SSSR count). The van der Waals surface area contributed by atoms with Crippen molar-refractivity contribution in [3.8, 4) is 0 Å². The summed E-state index contributed by atoms with van der Waals surface area (Å²) in [6.45, 7) is 0.865. The average molecular weight is 153 g/mol. The Hall–Kier alpha value is -0.530. The molecule has 0 amide bonds. The first kappa shape index (κ1) is 7.14. The van der Waals surface area contributed by atoms with Crippen LogP contribution in [0.15, 0.2) is 5.16 Å². The van der Waals surface area contributed by atoms with Crippen LogP contribution in [0.2, 0.25) is 0 Å². The Morgan fingerprint density at radius 1 is 1.27 bits per heavy atom. The van der Waals surface area contributed by atoms with Crippen molar-refractivity contribution in [2.45, 2.75) is 38.5 Å². The van der Waals surface area contributed by atoms with Gasteiger partial charge in [0, 0.05) is 0 Å². The number of hydrogen-bond donors (Lipinski definition) is 0. The van der Waals surface area contributed by atoms with Gasteiger partial charge in [-0.3, -0.25) is 0 Å². The maximum Gasteiger partial charge on any atom is 0.120 e. The molecular formula is C9H15NO. The first-order valence-corrected chi connectivity index (χ1v) is 4.63. The highest BCUT2D eigenvalue weighted by Crippen LogP contribution is 2.26. The van der Waals surface area contributed by atoms with Gasteiger partial charge in [0.25, 0.3) is 0 Å². The molecule has 0 bridgehead atoms. The third-order valence-electron chi connectivity index (χ3n) is 2.66. The molecule has 0 aromatic heterocycles. The van der Waals surface area contributed by atoms with Gasteiger partial charge in [0.05, 0.1) is 5.71 Å². The molecule has 0 spiro atoms. The number of rotatable bonds is 3. The molecule has 62 valence electrons. The fourth-order valence-electron chi connectivity index (χ4n) is 1.32. The Kier molecular flexibility index (Phi) is 2.11. The van der Waals surface area contributed by atoms with Gasteiger partial charge >= 0.3 is 0 Å². The minimum absolute atomic E-state index is 0.819. The van der Waals surface area contributed by atoms with E-state index in [1.54, 1.807) is 0 Å². The van der Waals surface area contributed by atoms with Crippen molar-refractivity contribution in [3.05, 3.63) is 0 Å². The summed E-state index contributed by atoms with van der Waals surface area (Å²) < 4.78 is 0. The second kappa shape index (κ2) is 3.24. The highest BCUT2D eigenvalue weighted by Gasteiger charge is 2.18. The van der Waals surface area contributed by atoms with Crippen molar-refractivity contribution < 1.29 is 4.84 Å². The van der Waals surface area contributed by atoms with E-state index in [9.17, 15) is 0 Å². The molecule has 0 unspecified atom stereocenters. The minimum Gasteiger partial charge on any atom is -0.396 e. The predicted octanol–water partition coefficient (Wildman–Crippen LogP) is 2.34. The molecule has 0 N–H and O–H groups in total. The summed E-state index contributed by atoms with van der Waals surface area (Å²) in [5.41, 5.74) is 1.27. The minimum atomic E-state index is 0.819. The van der Waals surface area contributed by atoms with E-state index in [-0.39, 0.29) is 0 Å². The van der Waals surface area contributed by atoms with E-state index < -0.39 is 0 Å². The fraction of sp³-hybridized carbons (Fsp3) is 0.889. The third-order valence-corrected chi connectivity index (χ3v) is 2.66. The first-order valence-electron chi connectivity index (χ1n) is 4.63. The summed E-state index contributed by atoms with van der Waals surface area (Å²) >= 11 is 0. The average Bonchev–Trinajstić information content (AvgIpc) is 1.79. The first-order chi connectivity index (χ1) is 5.45. The van der Waals surface area contributed by atoms with Crippen molar-refractivity contribution in [2.24, 2.45) is 11.1 Å². The van der Waals surface area contributed by atoms with Gasteiger partial charge in [-0.1, -0.05) is 11.6 Å². The molecule has 0 aromatic carbocycles. The van der Waals surface area contributed by atoms with Gasteiger partial charge in [0.2, 0.25) is 0 Å². The van der Waals surface area contributed by atoms with E-state index in [0.717, 1.165) is 12.5 Å². The second-order valence-electron chi connectivity index (χ2n) is 3.60. The van der Waals surface area contributed by atoms with Crippen molar-refractivity contribution in [1.29, 1.82) is 0 Å². The second-order valence-corrected chi connectivity index (χ2v) is 3.60. The Morgan fingerprint density at radius 2 is 2.09 bits per heavy atom. The molecule has 11 heavy (non-hydrogen) atoms. The van der Waals surface area contributed by atoms with Crippen molar-refractivity contribution in [3.63, 3.8) is 0 Å². The number of oxime groups is 1. The summed E-state index contributed by atoms with van der Waals surface area (Å²) in [4.78, 5) is 5.23. The van der Waals surface area contributed by atoms with Gasteiger partial charge in [0.15, 0.2) is 0 Å². The molecule has 0 radical (unpaired) electrons. The lowest BCUT2D eigenvalue weighted by atomic mass is 9.86. The Balaban J connectivity index is 1.58. The fourth-order valence-corrected chi connectivity index (χ4v) is 1.32. The van der Waals surface area contributed by atoms with E-state index in [1.165, 1.54) is 44.2 Å². The van der Waals surface area contributed by atoms with E-state index in [0.29, 0.717) is 0 Å². The van der Waals surface area contributed by atoms with Gasteiger partial charge in [-0.15, -0.1) is 0 Å². The highest BCUT2D eigenvalue weighted by molar-refractivity contribution is 5.88. The molecule has 0 aliphatic heterocycles. The van der Waals surface area contributed by atoms with E-state index >= 15 is 0 Å². The summed E-state index contributed by atoms with van der Waals surface area (Å²) in [5, 5.41) is 4.07. The lowest BCUT2D eigenvalue weighted by Gasteiger charge is -2.24. The molecule has 0 saturated heterocycles. The molecular weight excluding hydrogens is 138 g/mol. The molecule has 0 heterocycles. The van der Waals surface area contributed by atoms with E-state index in [4.69, 9.17) is 4.84 Å². The zero-order chi connectivity index (χ0) is 7.52. The van der Waals surface area contributed by atoms with Gasteiger partial charge in [-0.05, 0) is 38.0 Å². The van der Waals surface area contributed by atoms with E-state index in [2.05, 4.69) is 5.16 Å². The third kappa shape index (κ3) is 1.73. The van der Waals surface area contributed by atoms with Crippen LogP contribution in [0.4, 0.5) is 0 Å². The smallest absolute Gasteiger partial charge is 0.120 e. The van der Waals surface area contributed by atoms with Gasteiger partial charge in [0.1, 0.15) is 6.61 Å². The zero-order valence-corrected chi connectivity index (χ0v) is 6.88. The summed E-state index contributed by atoms with van der Waals surface area (Å²) in [7, 11) is 0. The number of hydrogen-bond acceptors (Lipinski definition) is 2. The van der Waals surface area contributed by atoms with Crippen molar-refractivity contribution in [1.82, 2.24) is 0 Å². The normalized spacial score (nSPS) is 23.8. The van der Waals surface area contributed by atoms with Crippen LogP contribution in [-0.4, -0.2) is 12.3 Å². The van der Waals surface area contributed by atoms with Crippen LogP contribution in [0.5, 0.6) is 0 Å². The quantitative estimate of drug-likeness (QED) is 0.570. The standard InChI is InChI=1S/C9H15NO/c1-3-8(4-1)7-11-10-9-5-2-6-9/h8H,1-7H2. The molecule has 0 aromatic rings. The van der Waals surface area contributed by atoms with Gasteiger partial charge in [-0.2, -0.15) is 0 Å². The summed E-state index contributed by atoms with van der Waals surface area (Å²) in [5.74, 6) is 0.819. The topological polar surface area (TPSA) is 21.6 Å². The maximum absolute atomic E-state index is 5.23. The highest BCUT2D eigenvalue weighted by atomic mass is 16.6. The van der Waals surface area contributed by atoms with Crippen molar-refractivity contribution >= 4 is 5.71 Å². The molecule has 2 heteroatoms. The SMILES string of the molecule is C1CC(=NOCC2CCC2)C1. The van der Waals surface area contributed by atoms with Crippen LogP contribution < -0.4 is 0 Å². The largest absolute Gasteiger partial charge is 0.396 e. The predicted molar refractivity (Wildman–Crippen MR) is 44.6 cm³/mol. The maximum atomic E-state index is 5.23. The lowest BCUT2D eigenvalue weighted by Crippen LogP contribution is -2.17.